The van der Waals surface area contributed by atoms with Gasteiger partial charge in [-0.25, -0.2) is 0 Å². The summed E-state index contributed by atoms with van der Waals surface area (Å²) in [5.41, 5.74) is 8.60. The average molecular weight is 176 g/mol. The molecule has 0 amide bonds. The van der Waals surface area contributed by atoms with Crippen molar-refractivity contribution >= 4 is 5.69 Å². The fraction of sp³-hybridized carbons (Fsp3) is 0.222. The minimum absolute atomic E-state index is 0.656. The quantitative estimate of drug-likeness (QED) is 0.463. The lowest BCUT2D eigenvalue weighted by molar-refractivity contribution is 0.873. The number of hydrogen-bond acceptors (Lipinski definition) is 4. The Morgan fingerprint density at radius 1 is 1.31 bits per heavy atom. The molecule has 0 aliphatic heterocycles. The predicted molar refractivity (Wildman–Crippen MR) is 51.6 cm³/mol. The number of nitriles is 1. The maximum Gasteiger partial charge on any atom is 0.0995 e. The van der Waals surface area contributed by atoms with Gasteiger partial charge in [0.15, 0.2) is 0 Å². The molecular weight excluding hydrogens is 164 g/mol. The van der Waals surface area contributed by atoms with Gasteiger partial charge in [0, 0.05) is 0 Å². The van der Waals surface area contributed by atoms with Gasteiger partial charge in [0.1, 0.15) is 0 Å². The van der Waals surface area contributed by atoms with E-state index >= 15 is 0 Å². The molecule has 13 heavy (non-hydrogen) atoms. The van der Waals surface area contributed by atoms with E-state index < -0.39 is 0 Å². The van der Waals surface area contributed by atoms with Crippen molar-refractivity contribution in [1.82, 2.24) is 5.53 Å². The van der Waals surface area contributed by atoms with E-state index in [1.54, 1.807) is 6.07 Å². The van der Waals surface area contributed by atoms with Crippen molar-refractivity contribution in [3.8, 4) is 6.07 Å². The largest absolute Gasteiger partial charge is 0.308 e. The van der Waals surface area contributed by atoms with Crippen molar-refractivity contribution in [3.05, 3.63) is 28.8 Å². The van der Waals surface area contributed by atoms with Gasteiger partial charge in [-0.3, -0.25) is 5.84 Å². The lowest BCUT2D eigenvalue weighted by Crippen LogP contribution is -2.29. The van der Waals surface area contributed by atoms with E-state index in [1.165, 1.54) is 0 Å². The third-order valence-electron chi connectivity index (χ3n) is 1.90. The molecule has 0 aromatic heterocycles. The van der Waals surface area contributed by atoms with Gasteiger partial charge in [0.25, 0.3) is 0 Å². The van der Waals surface area contributed by atoms with Gasteiger partial charge in [-0.2, -0.15) is 10.8 Å². The van der Waals surface area contributed by atoms with Crippen LogP contribution in [-0.2, 0) is 0 Å². The summed E-state index contributed by atoms with van der Waals surface area (Å²) >= 11 is 0. The van der Waals surface area contributed by atoms with Crippen molar-refractivity contribution in [2.24, 2.45) is 5.84 Å². The molecule has 0 aliphatic carbocycles. The molecule has 0 saturated carbocycles. The van der Waals surface area contributed by atoms with Gasteiger partial charge in [-0.05, 0) is 31.0 Å². The number of hydrazine groups is 2. The molecule has 1 aromatic carbocycles. The number of nitrogens with zero attached hydrogens (tertiary/aromatic N) is 1. The second-order valence-corrected chi connectivity index (χ2v) is 2.86. The molecular formula is C9H12N4. The van der Waals surface area contributed by atoms with E-state index in [1.807, 2.05) is 19.9 Å². The Morgan fingerprint density at radius 2 is 2.00 bits per heavy atom. The predicted octanol–water partition coefficient (Wildman–Crippen LogP) is 0.965. The Labute approximate surface area is 77.3 Å². The van der Waals surface area contributed by atoms with E-state index in [-0.39, 0.29) is 0 Å². The first-order valence-corrected chi connectivity index (χ1v) is 3.92. The van der Waals surface area contributed by atoms with Crippen LogP contribution in [0.3, 0.4) is 0 Å². The van der Waals surface area contributed by atoms with Crippen molar-refractivity contribution < 1.29 is 0 Å². The zero-order valence-electron chi connectivity index (χ0n) is 7.68. The number of anilines is 1. The number of nitrogens with two attached hydrogens (primary N) is 1. The molecule has 4 N–H and O–H groups in total. The Hall–Kier alpha value is -1.57. The number of hydrogen-bond donors (Lipinski definition) is 3. The summed E-state index contributed by atoms with van der Waals surface area (Å²) in [6.07, 6.45) is 0. The first-order chi connectivity index (χ1) is 6.19. The maximum atomic E-state index is 8.77. The average Bonchev–Trinajstić information content (AvgIpc) is 2.10. The smallest absolute Gasteiger partial charge is 0.0995 e. The first-order valence-electron chi connectivity index (χ1n) is 3.92. The minimum Gasteiger partial charge on any atom is -0.308 e. The van der Waals surface area contributed by atoms with Crippen molar-refractivity contribution in [2.45, 2.75) is 13.8 Å². The third kappa shape index (κ3) is 1.96. The highest BCUT2D eigenvalue weighted by Crippen LogP contribution is 2.18. The molecule has 0 heterocycles. The second-order valence-electron chi connectivity index (χ2n) is 2.86. The van der Waals surface area contributed by atoms with Crippen LogP contribution in [0.4, 0.5) is 5.69 Å². The van der Waals surface area contributed by atoms with Crippen LogP contribution in [0, 0.1) is 25.2 Å². The summed E-state index contributed by atoms with van der Waals surface area (Å²) in [7, 11) is 0. The van der Waals surface area contributed by atoms with Crippen LogP contribution in [0.25, 0.3) is 0 Å². The lowest BCUT2D eigenvalue weighted by Gasteiger charge is -2.09. The van der Waals surface area contributed by atoms with Crippen LogP contribution in [0.1, 0.15) is 16.7 Å². The lowest BCUT2D eigenvalue weighted by atomic mass is 10.1. The van der Waals surface area contributed by atoms with Crippen molar-refractivity contribution in [3.63, 3.8) is 0 Å². The third-order valence-corrected chi connectivity index (χ3v) is 1.90. The van der Waals surface area contributed by atoms with Gasteiger partial charge in [0.2, 0.25) is 0 Å². The molecule has 1 rings (SSSR count). The van der Waals surface area contributed by atoms with Crippen LogP contribution < -0.4 is 16.8 Å². The molecule has 0 unspecified atom stereocenters. The highest BCUT2D eigenvalue weighted by atomic mass is 15.5. The zero-order valence-corrected chi connectivity index (χ0v) is 7.68. The van der Waals surface area contributed by atoms with Gasteiger partial charge in [-0.15, -0.1) is 0 Å². The second kappa shape index (κ2) is 3.90. The molecule has 0 bridgehead atoms. The number of rotatable bonds is 2. The van der Waals surface area contributed by atoms with E-state index in [0.29, 0.717) is 5.56 Å². The van der Waals surface area contributed by atoms with Gasteiger partial charge >= 0.3 is 0 Å². The molecule has 68 valence electrons. The summed E-state index contributed by atoms with van der Waals surface area (Å²) < 4.78 is 0. The monoisotopic (exact) mass is 176 g/mol. The van der Waals surface area contributed by atoms with Crippen LogP contribution >= 0.6 is 0 Å². The van der Waals surface area contributed by atoms with E-state index in [0.717, 1.165) is 16.8 Å². The fourth-order valence-corrected chi connectivity index (χ4v) is 1.19. The molecule has 0 fully saturated rings. The molecule has 1 aromatic rings. The standard InChI is InChI=1S/C9H12N4/c1-6-3-7(2)9(12-13-11)4-8(6)5-10/h3-4,12-13H,11H2,1-2H3. The number of aryl methyl sites for hydroxylation is 2. The summed E-state index contributed by atoms with van der Waals surface area (Å²) in [6.45, 7) is 3.86. The van der Waals surface area contributed by atoms with Crippen LogP contribution in [0.5, 0.6) is 0 Å². The Kier molecular flexibility index (Phi) is 2.85. The van der Waals surface area contributed by atoms with E-state index in [9.17, 15) is 0 Å². The molecule has 0 saturated heterocycles. The molecule has 0 spiro atoms. The molecule has 4 heteroatoms. The van der Waals surface area contributed by atoms with Gasteiger partial charge < -0.3 is 5.43 Å². The van der Waals surface area contributed by atoms with Crippen LogP contribution in [0.15, 0.2) is 12.1 Å². The molecule has 4 nitrogen and oxygen atoms in total. The maximum absolute atomic E-state index is 8.77. The summed E-state index contributed by atoms with van der Waals surface area (Å²) in [4.78, 5) is 0. The highest BCUT2D eigenvalue weighted by molar-refractivity contribution is 5.57. The zero-order chi connectivity index (χ0) is 9.84. The van der Waals surface area contributed by atoms with Gasteiger partial charge in [-0.1, -0.05) is 6.07 Å². The molecule has 0 radical (unpaired) electrons. The van der Waals surface area contributed by atoms with Crippen LogP contribution in [-0.4, -0.2) is 0 Å². The normalized spacial score (nSPS) is 9.38. The van der Waals surface area contributed by atoms with Crippen LogP contribution in [0.2, 0.25) is 0 Å². The van der Waals surface area contributed by atoms with Crippen molar-refractivity contribution in [2.75, 3.05) is 5.43 Å². The molecule has 0 aliphatic rings. The van der Waals surface area contributed by atoms with E-state index in [4.69, 9.17) is 11.1 Å². The summed E-state index contributed by atoms with van der Waals surface area (Å²) in [5, 5.41) is 8.77. The number of nitrogens with one attached hydrogen (secondary N) is 2. The topological polar surface area (TPSA) is 73.9 Å². The van der Waals surface area contributed by atoms with Crippen molar-refractivity contribution in [1.29, 1.82) is 5.26 Å². The molecule has 0 atom stereocenters. The first kappa shape index (κ1) is 9.52. The minimum atomic E-state index is 0.656. The Balaban J connectivity index is 3.16. The fourth-order valence-electron chi connectivity index (χ4n) is 1.19. The highest BCUT2D eigenvalue weighted by Gasteiger charge is 2.02. The number of benzene rings is 1. The van der Waals surface area contributed by atoms with E-state index in [2.05, 4.69) is 17.0 Å². The summed E-state index contributed by atoms with van der Waals surface area (Å²) in [6, 6.07) is 5.82. The summed E-state index contributed by atoms with van der Waals surface area (Å²) in [5.74, 6) is 5.11. The Morgan fingerprint density at radius 3 is 2.54 bits per heavy atom. The Bertz CT molecular complexity index is 351. The SMILES string of the molecule is Cc1cc(C)c(NNN)cc1C#N. The van der Waals surface area contributed by atoms with Gasteiger partial charge in [0.05, 0.1) is 17.3 Å².